The van der Waals surface area contributed by atoms with Crippen molar-refractivity contribution < 1.29 is 43.0 Å². The Kier molecular flexibility index (Phi) is 6.12. The van der Waals surface area contributed by atoms with E-state index in [-0.39, 0.29) is 32.9 Å². The molecule has 0 aromatic heterocycles. The van der Waals surface area contributed by atoms with Gasteiger partial charge >= 0.3 is 31.0 Å². The number of hydrogen-bond donors (Lipinski definition) is 1. The monoisotopic (exact) mass is 281 g/mol. The van der Waals surface area contributed by atoms with Crippen LogP contribution in [0.4, 0.5) is 13.2 Å². The summed E-state index contributed by atoms with van der Waals surface area (Å²) in [6.07, 6.45) is -2.77. The average molecular weight is 281 g/mol. The molecule has 0 amide bonds. The number of halogens is 3. The van der Waals surface area contributed by atoms with E-state index in [0.29, 0.717) is 12.0 Å². The number of nitrogens with one attached hydrogen (secondary N) is 1. The van der Waals surface area contributed by atoms with Crippen molar-refractivity contribution in [1.82, 2.24) is 5.32 Å². The van der Waals surface area contributed by atoms with E-state index < -0.39 is 17.7 Å². The Morgan fingerprint density at radius 1 is 1.45 bits per heavy atom. The van der Waals surface area contributed by atoms with E-state index >= 15 is 0 Å². The fraction of sp³-hybridized carbons (Fsp3) is 0.462. The Labute approximate surface area is 128 Å². The van der Waals surface area contributed by atoms with Gasteiger partial charge in [-0.05, 0) is 37.1 Å². The quantitative estimate of drug-likeness (QED) is 0.606. The van der Waals surface area contributed by atoms with Gasteiger partial charge in [0, 0.05) is 0 Å². The Hall–Kier alpha value is -0.963. The normalized spacial score (nSPS) is 18.4. The fourth-order valence-electron chi connectivity index (χ4n) is 1.98. The molecule has 0 saturated carbocycles. The fourth-order valence-corrected chi connectivity index (χ4v) is 1.98. The molecule has 0 spiro atoms. The van der Waals surface area contributed by atoms with Crippen molar-refractivity contribution in [3.63, 3.8) is 0 Å². The maximum atomic E-state index is 12.5. The molecule has 2 rings (SSSR count). The van der Waals surface area contributed by atoms with E-state index in [4.69, 9.17) is 4.74 Å². The molecule has 1 atom stereocenters. The van der Waals surface area contributed by atoms with Crippen molar-refractivity contribution in [3.05, 3.63) is 35.4 Å². The molecule has 0 aliphatic carbocycles. The summed E-state index contributed by atoms with van der Waals surface area (Å²) >= 11 is 0. The van der Waals surface area contributed by atoms with E-state index in [0.717, 1.165) is 25.1 Å². The molecule has 0 bridgehead atoms. The molecule has 7 heteroatoms. The number of carbonyl (C=O) groups is 1. The van der Waals surface area contributed by atoms with Gasteiger partial charge in [-0.25, -0.2) is 0 Å². The van der Waals surface area contributed by atoms with Crippen LogP contribution in [0.2, 0.25) is 0 Å². The van der Waals surface area contributed by atoms with Crippen LogP contribution >= 0.6 is 0 Å². The van der Waals surface area contributed by atoms with Crippen molar-refractivity contribution in [2.24, 2.45) is 0 Å². The second kappa shape index (κ2) is 7.16. The van der Waals surface area contributed by atoms with Crippen LogP contribution in [0.15, 0.2) is 24.3 Å². The number of hydrogen-bond acceptors (Lipinski definition) is 3. The zero-order valence-electron chi connectivity index (χ0n) is 12.2. The van der Waals surface area contributed by atoms with Gasteiger partial charge in [-0.1, -0.05) is 12.1 Å². The standard InChI is InChI=1S/C13H14F3NO2.Li.H/c14-13(15,16)10-4-1-3-9(7-10)8-19-12(18)11-5-2-6-17-11;;/h1,3-4,7,11,17H,2,5-6,8H2;;/q;+1;-1. The van der Waals surface area contributed by atoms with Crippen LogP contribution in [0.3, 0.4) is 0 Å². The Morgan fingerprint density at radius 2 is 2.20 bits per heavy atom. The molecule has 1 heterocycles. The first-order valence-corrected chi connectivity index (χ1v) is 6.03. The largest absolute Gasteiger partial charge is 1.00 e. The van der Waals surface area contributed by atoms with Crippen molar-refractivity contribution in [3.8, 4) is 0 Å². The number of alkyl halides is 3. The molecule has 1 aromatic rings. The van der Waals surface area contributed by atoms with Crippen molar-refractivity contribution >= 4 is 5.97 Å². The van der Waals surface area contributed by atoms with Crippen LogP contribution < -0.4 is 24.2 Å². The molecular formula is C13H15F3LiNO2. The van der Waals surface area contributed by atoms with E-state index in [1.54, 1.807) is 0 Å². The predicted molar refractivity (Wildman–Crippen MR) is 63.4 cm³/mol. The first kappa shape index (κ1) is 17.1. The predicted octanol–water partition coefficient (Wildman–Crippen LogP) is -0.383. The zero-order valence-corrected chi connectivity index (χ0v) is 11.2. The smallest absolute Gasteiger partial charge is 1.00 e. The summed E-state index contributed by atoms with van der Waals surface area (Å²) in [4.78, 5) is 11.6. The number of carbonyl (C=O) groups excluding carboxylic acids is 1. The van der Waals surface area contributed by atoms with Gasteiger partial charge in [-0.2, -0.15) is 13.2 Å². The van der Waals surface area contributed by atoms with Gasteiger partial charge in [0.15, 0.2) is 0 Å². The summed E-state index contributed by atoms with van der Waals surface area (Å²) in [6, 6.07) is 4.47. The Balaban J connectivity index is 0.00000200. The molecule has 1 unspecified atom stereocenters. The van der Waals surface area contributed by atoms with Gasteiger partial charge < -0.3 is 11.5 Å². The summed E-state index contributed by atoms with van der Waals surface area (Å²) < 4.78 is 42.5. The number of ether oxygens (including phenoxy) is 1. The van der Waals surface area contributed by atoms with Crippen molar-refractivity contribution in [1.29, 1.82) is 0 Å². The van der Waals surface area contributed by atoms with Crippen molar-refractivity contribution in [2.45, 2.75) is 31.7 Å². The minimum Gasteiger partial charge on any atom is -1.00 e. The van der Waals surface area contributed by atoms with Crippen LogP contribution in [0.1, 0.15) is 25.4 Å². The SMILES string of the molecule is O=C(OCc1cccc(C(F)(F)F)c1)C1CCCN1.[H-].[Li+]. The summed E-state index contributed by atoms with van der Waals surface area (Å²) in [7, 11) is 0. The van der Waals surface area contributed by atoms with Crippen LogP contribution in [0.5, 0.6) is 0 Å². The molecule has 1 aliphatic heterocycles. The van der Waals surface area contributed by atoms with Gasteiger partial charge in [-0.15, -0.1) is 0 Å². The summed E-state index contributed by atoms with van der Waals surface area (Å²) in [6.45, 7) is 0.629. The van der Waals surface area contributed by atoms with Crippen LogP contribution in [-0.2, 0) is 22.3 Å². The second-order valence-electron chi connectivity index (χ2n) is 4.45. The number of esters is 1. The third kappa shape index (κ3) is 4.55. The Bertz CT molecular complexity index is 465. The summed E-state index contributed by atoms with van der Waals surface area (Å²) in [5.41, 5.74) is -0.402. The summed E-state index contributed by atoms with van der Waals surface area (Å²) in [5, 5.41) is 2.97. The van der Waals surface area contributed by atoms with Crippen LogP contribution in [-0.4, -0.2) is 18.6 Å². The zero-order chi connectivity index (χ0) is 13.9. The van der Waals surface area contributed by atoms with Crippen molar-refractivity contribution in [2.75, 3.05) is 6.54 Å². The first-order valence-electron chi connectivity index (χ1n) is 6.03. The third-order valence-corrected chi connectivity index (χ3v) is 2.98. The first-order chi connectivity index (χ1) is 8.97. The minimum absolute atomic E-state index is 0. The molecule has 1 saturated heterocycles. The van der Waals surface area contributed by atoms with Gasteiger partial charge in [0.05, 0.1) is 5.56 Å². The van der Waals surface area contributed by atoms with Crippen LogP contribution in [0.25, 0.3) is 0 Å². The van der Waals surface area contributed by atoms with Gasteiger partial charge in [0.25, 0.3) is 0 Å². The molecule has 3 nitrogen and oxygen atoms in total. The van der Waals surface area contributed by atoms with Gasteiger partial charge in [-0.3, -0.25) is 4.79 Å². The third-order valence-electron chi connectivity index (χ3n) is 2.98. The average Bonchev–Trinajstić information content (AvgIpc) is 2.89. The summed E-state index contributed by atoms with van der Waals surface area (Å²) in [5.74, 6) is -0.407. The topological polar surface area (TPSA) is 38.3 Å². The van der Waals surface area contributed by atoms with E-state index in [9.17, 15) is 18.0 Å². The molecule has 1 aliphatic rings. The number of benzene rings is 1. The molecule has 1 fully saturated rings. The van der Waals surface area contributed by atoms with E-state index in [1.807, 2.05) is 0 Å². The van der Waals surface area contributed by atoms with Gasteiger partial charge in [0.1, 0.15) is 12.6 Å². The number of rotatable bonds is 3. The molecule has 1 aromatic carbocycles. The molecule has 106 valence electrons. The van der Waals surface area contributed by atoms with E-state index in [2.05, 4.69) is 5.32 Å². The maximum Gasteiger partial charge on any atom is 1.00 e. The minimum atomic E-state index is -4.38. The van der Waals surface area contributed by atoms with Crippen LogP contribution in [0, 0.1) is 0 Å². The molecule has 0 radical (unpaired) electrons. The van der Waals surface area contributed by atoms with E-state index in [1.165, 1.54) is 12.1 Å². The second-order valence-corrected chi connectivity index (χ2v) is 4.45. The molecule has 20 heavy (non-hydrogen) atoms. The maximum absolute atomic E-state index is 12.5. The Morgan fingerprint density at radius 3 is 2.80 bits per heavy atom. The molecular weight excluding hydrogens is 266 g/mol. The van der Waals surface area contributed by atoms with Gasteiger partial charge in [0.2, 0.25) is 0 Å². The molecule has 1 N–H and O–H groups in total.